The summed E-state index contributed by atoms with van der Waals surface area (Å²) < 4.78 is 0. The van der Waals surface area contributed by atoms with Crippen molar-refractivity contribution in [2.24, 2.45) is 22.4 Å². The predicted octanol–water partition coefficient (Wildman–Crippen LogP) is 1.10. The third-order valence-corrected chi connectivity index (χ3v) is 2.83. The minimum absolute atomic E-state index is 0.0308. The summed E-state index contributed by atoms with van der Waals surface area (Å²) in [4.78, 5) is 5.90. The van der Waals surface area contributed by atoms with Gasteiger partial charge in [-0.3, -0.25) is 5.41 Å². The molecule has 0 amide bonds. The van der Waals surface area contributed by atoms with Crippen LogP contribution < -0.4 is 11.5 Å². The Hall–Kier alpha value is -1.26. The maximum Gasteiger partial charge on any atom is 0.221 e. The second-order valence-corrected chi connectivity index (χ2v) is 4.84. The average Bonchev–Trinajstić information content (AvgIpc) is 2.64. The van der Waals surface area contributed by atoms with E-state index >= 15 is 0 Å². The molecule has 0 aromatic rings. The van der Waals surface area contributed by atoms with E-state index in [0.717, 1.165) is 19.4 Å². The fourth-order valence-corrected chi connectivity index (χ4v) is 2.20. The molecule has 16 heavy (non-hydrogen) atoms. The molecule has 0 unspecified atom stereocenters. The highest BCUT2D eigenvalue weighted by atomic mass is 15.3. The molecule has 1 aliphatic rings. The summed E-state index contributed by atoms with van der Waals surface area (Å²) in [7, 11) is 0. The normalized spacial score (nSPS) is 16.4. The monoisotopic (exact) mass is 225 g/mol. The fraction of sp³-hybridized carbons (Fsp3) is 0.818. The maximum absolute atomic E-state index is 7.91. The second kappa shape index (κ2) is 5.72. The van der Waals surface area contributed by atoms with Gasteiger partial charge < -0.3 is 16.4 Å². The number of nitrogens with two attached hydrogens (primary N) is 2. The van der Waals surface area contributed by atoms with E-state index in [0.29, 0.717) is 12.0 Å². The van der Waals surface area contributed by atoms with Gasteiger partial charge in [0.2, 0.25) is 5.96 Å². The van der Waals surface area contributed by atoms with Crippen LogP contribution in [-0.4, -0.2) is 29.4 Å². The molecule has 92 valence electrons. The van der Waals surface area contributed by atoms with Crippen molar-refractivity contribution in [3.05, 3.63) is 0 Å². The average molecular weight is 225 g/mol. The van der Waals surface area contributed by atoms with E-state index < -0.39 is 0 Å². The number of nitrogens with zero attached hydrogens (tertiary/aromatic N) is 2. The molecule has 1 aliphatic carbocycles. The van der Waals surface area contributed by atoms with E-state index in [-0.39, 0.29) is 11.9 Å². The Bertz CT molecular complexity index is 262. The molecule has 0 saturated heterocycles. The molecule has 1 saturated carbocycles. The Morgan fingerprint density at radius 2 is 1.94 bits per heavy atom. The van der Waals surface area contributed by atoms with Crippen LogP contribution in [0.3, 0.4) is 0 Å². The Labute approximate surface area is 97.4 Å². The largest absolute Gasteiger partial charge is 0.370 e. The van der Waals surface area contributed by atoms with Crippen molar-refractivity contribution in [2.45, 2.75) is 45.6 Å². The lowest BCUT2D eigenvalue weighted by Gasteiger charge is -2.30. The molecular formula is C11H23N5. The summed E-state index contributed by atoms with van der Waals surface area (Å²) in [6, 6.07) is 0.443. The fourth-order valence-electron chi connectivity index (χ4n) is 2.20. The van der Waals surface area contributed by atoms with E-state index in [1.54, 1.807) is 0 Å². The van der Waals surface area contributed by atoms with E-state index in [1.165, 1.54) is 12.8 Å². The molecule has 1 fully saturated rings. The molecule has 5 heteroatoms. The Balaban J connectivity index is 2.69. The lowest BCUT2D eigenvalue weighted by atomic mass is 10.1. The van der Waals surface area contributed by atoms with Crippen LogP contribution in [0.25, 0.3) is 0 Å². The SMILES string of the molecule is CC(C)CN(C(=N)N=C(N)N)C1CCCC1. The standard InChI is InChI=1S/C11H23N5/c1-8(2)7-16(9-5-3-4-6-9)11(14)15-10(12)13/h8-9H,3-7H2,1-2H3,(H5,12,13,14,15). The minimum Gasteiger partial charge on any atom is -0.370 e. The first-order valence-corrected chi connectivity index (χ1v) is 5.95. The summed E-state index contributed by atoms with van der Waals surface area (Å²) in [6.45, 7) is 5.13. The summed E-state index contributed by atoms with van der Waals surface area (Å²) in [5.74, 6) is 0.688. The Morgan fingerprint density at radius 3 is 2.38 bits per heavy atom. The van der Waals surface area contributed by atoms with E-state index in [4.69, 9.17) is 16.9 Å². The summed E-state index contributed by atoms with van der Waals surface area (Å²) in [6.07, 6.45) is 4.78. The van der Waals surface area contributed by atoms with Crippen LogP contribution in [-0.2, 0) is 0 Å². The zero-order chi connectivity index (χ0) is 12.1. The first-order chi connectivity index (χ1) is 7.50. The molecular weight excluding hydrogens is 202 g/mol. The van der Waals surface area contributed by atoms with Crippen LogP contribution in [0.4, 0.5) is 0 Å². The molecule has 5 N–H and O–H groups in total. The quantitative estimate of drug-likeness (QED) is 0.496. The summed E-state index contributed by atoms with van der Waals surface area (Å²) in [5.41, 5.74) is 10.6. The smallest absolute Gasteiger partial charge is 0.221 e. The number of nitrogens with one attached hydrogen (secondary N) is 1. The lowest BCUT2D eigenvalue weighted by molar-refractivity contribution is 0.279. The van der Waals surface area contributed by atoms with Gasteiger partial charge in [-0.25, -0.2) is 0 Å². The van der Waals surface area contributed by atoms with Gasteiger partial charge in [0.1, 0.15) is 0 Å². The van der Waals surface area contributed by atoms with Crippen molar-refractivity contribution >= 4 is 11.9 Å². The molecule has 0 atom stereocenters. The molecule has 0 heterocycles. The molecule has 0 aromatic heterocycles. The minimum atomic E-state index is -0.0308. The van der Waals surface area contributed by atoms with Crippen molar-refractivity contribution in [2.75, 3.05) is 6.54 Å². The van der Waals surface area contributed by atoms with Gasteiger partial charge in [0, 0.05) is 12.6 Å². The Kier molecular flexibility index (Phi) is 4.58. The maximum atomic E-state index is 7.91. The second-order valence-electron chi connectivity index (χ2n) is 4.84. The van der Waals surface area contributed by atoms with Crippen molar-refractivity contribution in [1.82, 2.24) is 4.90 Å². The van der Waals surface area contributed by atoms with Crippen LogP contribution in [0.1, 0.15) is 39.5 Å². The van der Waals surface area contributed by atoms with Gasteiger partial charge in [0.05, 0.1) is 0 Å². The number of aliphatic imine (C=N–C) groups is 1. The number of guanidine groups is 2. The van der Waals surface area contributed by atoms with Crippen molar-refractivity contribution in [1.29, 1.82) is 5.41 Å². The zero-order valence-electron chi connectivity index (χ0n) is 10.2. The predicted molar refractivity (Wildman–Crippen MR) is 67.3 cm³/mol. The van der Waals surface area contributed by atoms with E-state index in [2.05, 4.69) is 18.8 Å². The first kappa shape index (κ1) is 12.8. The van der Waals surface area contributed by atoms with Crippen LogP contribution in [0.5, 0.6) is 0 Å². The van der Waals surface area contributed by atoms with Crippen LogP contribution in [0.2, 0.25) is 0 Å². The van der Waals surface area contributed by atoms with Gasteiger partial charge in [-0.15, -0.1) is 0 Å². The molecule has 1 rings (SSSR count). The molecule has 5 nitrogen and oxygen atoms in total. The van der Waals surface area contributed by atoms with E-state index in [1.807, 2.05) is 4.90 Å². The molecule has 0 bridgehead atoms. The topological polar surface area (TPSA) is 91.5 Å². The van der Waals surface area contributed by atoms with Crippen LogP contribution in [0.15, 0.2) is 4.99 Å². The van der Waals surface area contributed by atoms with Crippen molar-refractivity contribution < 1.29 is 0 Å². The lowest BCUT2D eigenvalue weighted by Crippen LogP contribution is -2.41. The number of hydrogen-bond donors (Lipinski definition) is 3. The third-order valence-electron chi connectivity index (χ3n) is 2.83. The Morgan fingerprint density at radius 1 is 1.38 bits per heavy atom. The molecule has 0 aromatic carbocycles. The highest BCUT2D eigenvalue weighted by molar-refractivity contribution is 5.91. The summed E-state index contributed by atoms with van der Waals surface area (Å²) >= 11 is 0. The van der Waals surface area contributed by atoms with Gasteiger partial charge in [-0.05, 0) is 18.8 Å². The van der Waals surface area contributed by atoms with Gasteiger partial charge >= 0.3 is 0 Å². The highest BCUT2D eigenvalue weighted by Crippen LogP contribution is 2.24. The summed E-state index contributed by atoms with van der Waals surface area (Å²) in [5, 5.41) is 7.91. The van der Waals surface area contributed by atoms with Gasteiger partial charge in [-0.1, -0.05) is 26.7 Å². The number of hydrogen-bond acceptors (Lipinski definition) is 1. The highest BCUT2D eigenvalue weighted by Gasteiger charge is 2.25. The number of rotatable bonds is 3. The van der Waals surface area contributed by atoms with Crippen LogP contribution in [0, 0.1) is 11.3 Å². The van der Waals surface area contributed by atoms with Gasteiger partial charge in [0.25, 0.3) is 0 Å². The van der Waals surface area contributed by atoms with Crippen molar-refractivity contribution in [3.8, 4) is 0 Å². The van der Waals surface area contributed by atoms with Gasteiger partial charge in [0.15, 0.2) is 5.96 Å². The van der Waals surface area contributed by atoms with E-state index in [9.17, 15) is 0 Å². The van der Waals surface area contributed by atoms with Crippen LogP contribution >= 0.6 is 0 Å². The molecule has 0 spiro atoms. The first-order valence-electron chi connectivity index (χ1n) is 5.95. The zero-order valence-corrected chi connectivity index (χ0v) is 10.2. The molecule has 0 radical (unpaired) electrons. The molecule has 0 aliphatic heterocycles. The van der Waals surface area contributed by atoms with Gasteiger partial charge in [-0.2, -0.15) is 4.99 Å². The van der Waals surface area contributed by atoms with Crippen molar-refractivity contribution in [3.63, 3.8) is 0 Å². The third kappa shape index (κ3) is 3.72.